The molecule has 3 aromatic rings. The van der Waals surface area contributed by atoms with E-state index in [1.54, 1.807) is 0 Å². The Balaban J connectivity index is 1.99. The average molecular weight is 331 g/mol. The van der Waals surface area contributed by atoms with E-state index in [-0.39, 0.29) is 6.10 Å². The number of imidazole rings is 1. The van der Waals surface area contributed by atoms with Crippen LogP contribution in [0.4, 0.5) is 0 Å². The molecule has 4 heteroatoms. The molecule has 0 amide bonds. The summed E-state index contributed by atoms with van der Waals surface area (Å²) in [7, 11) is 0. The lowest BCUT2D eigenvalue weighted by atomic mass is 10.2. The molecule has 0 fully saturated rings. The molecule has 0 spiro atoms. The van der Waals surface area contributed by atoms with Crippen LogP contribution in [-0.4, -0.2) is 16.1 Å². The Hall–Kier alpha value is -1.81. The summed E-state index contributed by atoms with van der Waals surface area (Å²) in [5.74, 6) is 1.71. The van der Waals surface area contributed by atoms with Crippen LogP contribution in [0, 0.1) is 0 Å². The van der Waals surface area contributed by atoms with Gasteiger partial charge in [0.25, 0.3) is 0 Å². The summed E-state index contributed by atoms with van der Waals surface area (Å²) in [4.78, 5) is 7.92. The summed E-state index contributed by atoms with van der Waals surface area (Å²) < 4.78 is 6.65. The number of hydrogen-bond acceptors (Lipinski definition) is 2. The number of aromatic nitrogens is 2. The fraction of sp³-hybridized carbons (Fsp3) is 0.188. The third-order valence-corrected chi connectivity index (χ3v) is 3.58. The Kier molecular flexibility index (Phi) is 3.49. The van der Waals surface area contributed by atoms with Crippen LogP contribution < -0.4 is 4.74 Å². The number of aromatic amines is 1. The second-order valence-corrected chi connectivity index (χ2v) is 5.77. The molecule has 1 heterocycles. The molecule has 0 bridgehead atoms. The lowest BCUT2D eigenvalue weighted by Crippen LogP contribution is -2.05. The molecule has 3 rings (SSSR count). The van der Waals surface area contributed by atoms with Crippen molar-refractivity contribution in [3.8, 4) is 17.1 Å². The van der Waals surface area contributed by atoms with Crippen LogP contribution in [0.1, 0.15) is 13.8 Å². The monoisotopic (exact) mass is 330 g/mol. The fourth-order valence-electron chi connectivity index (χ4n) is 2.09. The fourth-order valence-corrected chi connectivity index (χ4v) is 2.56. The van der Waals surface area contributed by atoms with Gasteiger partial charge in [-0.25, -0.2) is 4.98 Å². The third-order valence-electron chi connectivity index (χ3n) is 2.96. The Morgan fingerprint density at radius 2 is 1.95 bits per heavy atom. The van der Waals surface area contributed by atoms with E-state index < -0.39 is 0 Å². The van der Waals surface area contributed by atoms with Gasteiger partial charge in [-0.05, 0) is 60.1 Å². The second kappa shape index (κ2) is 5.29. The highest BCUT2D eigenvalue weighted by Gasteiger charge is 2.09. The quantitative estimate of drug-likeness (QED) is 0.750. The van der Waals surface area contributed by atoms with Crippen LogP contribution in [0.15, 0.2) is 46.9 Å². The molecule has 20 heavy (non-hydrogen) atoms. The van der Waals surface area contributed by atoms with Gasteiger partial charge in [0.1, 0.15) is 11.6 Å². The van der Waals surface area contributed by atoms with Crippen LogP contribution >= 0.6 is 15.9 Å². The van der Waals surface area contributed by atoms with E-state index in [9.17, 15) is 0 Å². The summed E-state index contributed by atoms with van der Waals surface area (Å²) in [6.07, 6.45) is 0.156. The van der Waals surface area contributed by atoms with Crippen molar-refractivity contribution in [2.75, 3.05) is 0 Å². The van der Waals surface area contributed by atoms with Crippen molar-refractivity contribution in [3.63, 3.8) is 0 Å². The number of fused-ring (bicyclic) bond motifs is 1. The minimum Gasteiger partial charge on any atom is -0.490 e. The lowest BCUT2D eigenvalue weighted by molar-refractivity contribution is 0.241. The predicted octanol–water partition coefficient (Wildman–Crippen LogP) is 4.78. The number of ether oxygens (including phenoxy) is 1. The van der Waals surface area contributed by atoms with Crippen LogP contribution in [0.5, 0.6) is 5.75 Å². The molecule has 0 atom stereocenters. The molecule has 0 saturated heterocycles. The largest absolute Gasteiger partial charge is 0.490 e. The molecule has 1 aromatic heterocycles. The van der Waals surface area contributed by atoms with Crippen molar-refractivity contribution in [2.45, 2.75) is 20.0 Å². The number of rotatable bonds is 3. The lowest BCUT2D eigenvalue weighted by Gasteiger charge is -2.11. The molecule has 0 aliphatic rings. The molecule has 3 nitrogen and oxygen atoms in total. The smallest absolute Gasteiger partial charge is 0.138 e. The van der Waals surface area contributed by atoms with E-state index in [0.717, 1.165) is 32.6 Å². The van der Waals surface area contributed by atoms with E-state index >= 15 is 0 Å². The zero-order valence-corrected chi connectivity index (χ0v) is 12.9. The van der Waals surface area contributed by atoms with E-state index in [1.165, 1.54) is 0 Å². The SMILES string of the molecule is CC(C)Oc1ccc(-c2nc3ccccc3[nH]2)cc1Br. The molecule has 0 saturated carbocycles. The summed E-state index contributed by atoms with van der Waals surface area (Å²) in [6, 6.07) is 14.0. The molecule has 2 aromatic carbocycles. The van der Waals surface area contributed by atoms with E-state index in [2.05, 4.69) is 25.9 Å². The van der Waals surface area contributed by atoms with Gasteiger partial charge in [0.15, 0.2) is 0 Å². The maximum absolute atomic E-state index is 5.72. The van der Waals surface area contributed by atoms with Crippen molar-refractivity contribution < 1.29 is 4.74 Å². The van der Waals surface area contributed by atoms with E-state index in [4.69, 9.17) is 4.74 Å². The number of nitrogens with one attached hydrogen (secondary N) is 1. The first kappa shape index (κ1) is 13.2. The molecule has 0 aliphatic heterocycles. The van der Waals surface area contributed by atoms with E-state index in [0.29, 0.717) is 0 Å². The van der Waals surface area contributed by atoms with Crippen molar-refractivity contribution in [2.24, 2.45) is 0 Å². The van der Waals surface area contributed by atoms with Gasteiger partial charge in [0, 0.05) is 5.56 Å². The van der Waals surface area contributed by atoms with E-state index in [1.807, 2.05) is 56.3 Å². The Bertz CT molecular complexity index is 716. The van der Waals surface area contributed by atoms with Gasteiger partial charge in [0.05, 0.1) is 21.6 Å². The molecular formula is C16H15BrN2O. The second-order valence-electron chi connectivity index (χ2n) is 4.91. The summed E-state index contributed by atoms with van der Waals surface area (Å²) in [5.41, 5.74) is 3.05. The van der Waals surface area contributed by atoms with Gasteiger partial charge in [-0.15, -0.1) is 0 Å². The number of hydrogen-bond donors (Lipinski definition) is 1. The van der Waals surface area contributed by atoms with Crippen LogP contribution in [-0.2, 0) is 0 Å². The van der Waals surface area contributed by atoms with Crippen LogP contribution in [0.2, 0.25) is 0 Å². The first-order valence-corrected chi connectivity index (χ1v) is 7.34. The molecule has 102 valence electrons. The standard InChI is InChI=1S/C16H15BrN2O/c1-10(2)20-15-8-7-11(9-12(15)17)16-18-13-5-3-4-6-14(13)19-16/h3-10H,1-2H3,(H,18,19). The summed E-state index contributed by atoms with van der Waals surface area (Å²) in [6.45, 7) is 4.03. The van der Waals surface area contributed by atoms with Gasteiger partial charge >= 0.3 is 0 Å². The van der Waals surface area contributed by atoms with Gasteiger partial charge in [-0.1, -0.05) is 12.1 Å². The maximum atomic E-state index is 5.72. The molecule has 0 radical (unpaired) electrons. The van der Waals surface area contributed by atoms with Crippen molar-refractivity contribution in [1.29, 1.82) is 0 Å². The summed E-state index contributed by atoms with van der Waals surface area (Å²) >= 11 is 3.55. The van der Waals surface area contributed by atoms with Crippen molar-refractivity contribution in [3.05, 3.63) is 46.9 Å². The topological polar surface area (TPSA) is 37.9 Å². The number of halogens is 1. The zero-order valence-electron chi connectivity index (χ0n) is 11.4. The molecule has 1 N–H and O–H groups in total. The normalized spacial score (nSPS) is 11.2. The van der Waals surface area contributed by atoms with Gasteiger partial charge < -0.3 is 9.72 Å². The van der Waals surface area contributed by atoms with Gasteiger partial charge in [0.2, 0.25) is 0 Å². The minimum absolute atomic E-state index is 0.156. The number of nitrogens with zero attached hydrogens (tertiary/aromatic N) is 1. The number of para-hydroxylation sites is 2. The zero-order chi connectivity index (χ0) is 14.1. The van der Waals surface area contributed by atoms with Crippen LogP contribution in [0.3, 0.4) is 0 Å². The first-order valence-electron chi connectivity index (χ1n) is 6.55. The Morgan fingerprint density at radius 1 is 1.15 bits per heavy atom. The highest BCUT2D eigenvalue weighted by molar-refractivity contribution is 9.10. The van der Waals surface area contributed by atoms with Crippen LogP contribution in [0.25, 0.3) is 22.4 Å². The summed E-state index contributed by atoms with van der Waals surface area (Å²) in [5, 5.41) is 0. The van der Waals surface area contributed by atoms with Crippen molar-refractivity contribution >= 4 is 27.0 Å². The Labute approximate surface area is 126 Å². The van der Waals surface area contributed by atoms with Crippen molar-refractivity contribution in [1.82, 2.24) is 9.97 Å². The highest BCUT2D eigenvalue weighted by atomic mass is 79.9. The maximum Gasteiger partial charge on any atom is 0.138 e. The Morgan fingerprint density at radius 3 is 2.65 bits per heavy atom. The predicted molar refractivity (Wildman–Crippen MR) is 85.0 cm³/mol. The molecular weight excluding hydrogens is 316 g/mol. The number of H-pyrrole nitrogens is 1. The molecule has 0 unspecified atom stereocenters. The average Bonchev–Trinajstić information content (AvgIpc) is 2.84. The third kappa shape index (κ3) is 2.56. The number of benzene rings is 2. The molecule has 0 aliphatic carbocycles. The first-order chi connectivity index (χ1) is 9.63. The highest BCUT2D eigenvalue weighted by Crippen LogP contribution is 2.31. The minimum atomic E-state index is 0.156. The van der Waals surface area contributed by atoms with Gasteiger partial charge in [-0.3, -0.25) is 0 Å². The van der Waals surface area contributed by atoms with Gasteiger partial charge in [-0.2, -0.15) is 0 Å².